The third kappa shape index (κ3) is 4.15. The van der Waals surface area contributed by atoms with E-state index in [4.69, 9.17) is 14.2 Å². The molecule has 9 nitrogen and oxygen atoms in total. The summed E-state index contributed by atoms with van der Waals surface area (Å²) in [5.74, 6) is -1.81. The Kier molecular flexibility index (Phi) is 6.33. The van der Waals surface area contributed by atoms with Crippen molar-refractivity contribution in [3.05, 3.63) is 71.3 Å². The standard InChI is InChI=1S/C23H23NO8/c1-13(25)30-12-17-19(26)20(31-11-14-7-3-2-4-8-14)18(23(29)32-17)24-21(27)15-9-5-6-10-16(15)22(24)28/h2-10,17-20,23,26,29H,11-12H2,1H3/t17-,18-,19-,20-,23-/m1/s1. The van der Waals surface area contributed by atoms with Gasteiger partial charge in [0, 0.05) is 6.92 Å². The van der Waals surface area contributed by atoms with Gasteiger partial charge in [0.05, 0.1) is 17.7 Å². The zero-order valence-electron chi connectivity index (χ0n) is 17.3. The van der Waals surface area contributed by atoms with Crippen molar-refractivity contribution in [1.82, 2.24) is 4.90 Å². The van der Waals surface area contributed by atoms with E-state index in [1.165, 1.54) is 19.1 Å². The van der Waals surface area contributed by atoms with Crippen LogP contribution in [0.3, 0.4) is 0 Å². The van der Waals surface area contributed by atoms with E-state index in [-0.39, 0.29) is 24.3 Å². The second-order valence-electron chi connectivity index (χ2n) is 7.64. The Hall–Kier alpha value is -3.11. The molecule has 1 saturated heterocycles. The lowest BCUT2D eigenvalue weighted by atomic mass is 9.95. The van der Waals surface area contributed by atoms with Gasteiger partial charge < -0.3 is 24.4 Å². The molecule has 5 atom stereocenters. The number of esters is 1. The summed E-state index contributed by atoms with van der Waals surface area (Å²) in [6.45, 7) is 0.930. The topological polar surface area (TPSA) is 123 Å². The number of imide groups is 1. The Balaban J connectivity index is 1.63. The predicted octanol–water partition coefficient (Wildman–Crippen LogP) is 0.878. The fourth-order valence-electron chi connectivity index (χ4n) is 3.97. The molecule has 32 heavy (non-hydrogen) atoms. The number of benzene rings is 2. The van der Waals surface area contributed by atoms with E-state index < -0.39 is 48.4 Å². The molecule has 2 aromatic carbocycles. The predicted molar refractivity (Wildman–Crippen MR) is 109 cm³/mol. The van der Waals surface area contributed by atoms with Gasteiger partial charge in [-0.05, 0) is 17.7 Å². The number of nitrogens with zero attached hydrogens (tertiary/aromatic N) is 1. The summed E-state index contributed by atoms with van der Waals surface area (Å²) in [7, 11) is 0. The smallest absolute Gasteiger partial charge is 0.302 e. The van der Waals surface area contributed by atoms with Gasteiger partial charge in [-0.2, -0.15) is 0 Å². The average molecular weight is 441 g/mol. The molecule has 0 bridgehead atoms. The summed E-state index contributed by atoms with van der Waals surface area (Å²) in [5.41, 5.74) is 1.18. The molecular weight excluding hydrogens is 418 g/mol. The molecule has 168 valence electrons. The Morgan fingerprint density at radius 2 is 1.59 bits per heavy atom. The van der Waals surface area contributed by atoms with Crippen molar-refractivity contribution in [3.63, 3.8) is 0 Å². The second-order valence-corrected chi connectivity index (χ2v) is 7.64. The molecule has 2 aromatic rings. The molecule has 0 radical (unpaired) electrons. The Morgan fingerprint density at radius 3 is 2.19 bits per heavy atom. The normalized spacial score (nSPS) is 27.3. The minimum absolute atomic E-state index is 0.0508. The molecule has 2 aliphatic rings. The van der Waals surface area contributed by atoms with Crippen molar-refractivity contribution in [2.45, 2.75) is 44.2 Å². The lowest BCUT2D eigenvalue weighted by molar-refractivity contribution is -0.274. The van der Waals surface area contributed by atoms with Crippen molar-refractivity contribution in [1.29, 1.82) is 0 Å². The zero-order valence-corrected chi connectivity index (χ0v) is 17.3. The third-order valence-corrected chi connectivity index (χ3v) is 5.52. The van der Waals surface area contributed by atoms with E-state index >= 15 is 0 Å². The molecule has 0 saturated carbocycles. The van der Waals surface area contributed by atoms with Crippen molar-refractivity contribution < 1.29 is 38.8 Å². The number of rotatable bonds is 6. The van der Waals surface area contributed by atoms with E-state index in [1.807, 2.05) is 30.3 Å². The second kappa shape index (κ2) is 9.17. The van der Waals surface area contributed by atoms with Crippen LogP contribution in [0.15, 0.2) is 54.6 Å². The largest absolute Gasteiger partial charge is 0.463 e. The van der Waals surface area contributed by atoms with Crippen LogP contribution < -0.4 is 0 Å². The van der Waals surface area contributed by atoms with Gasteiger partial charge in [-0.15, -0.1) is 0 Å². The number of fused-ring (bicyclic) bond motifs is 1. The first-order valence-corrected chi connectivity index (χ1v) is 10.2. The van der Waals surface area contributed by atoms with Gasteiger partial charge in [-0.3, -0.25) is 19.3 Å². The van der Waals surface area contributed by atoms with Crippen LogP contribution in [0.2, 0.25) is 0 Å². The van der Waals surface area contributed by atoms with Crippen molar-refractivity contribution in [2.75, 3.05) is 6.61 Å². The van der Waals surface area contributed by atoms with Gasteiger partial charge in [0.1, 0.15) is 31.0 Å². The number of carbonyl (C=O) groups excluding carboxylic acids is 3. The lowest BCUT2D eigenvalue weighted by Crippen LogP contribution is -2.66. The summed E-state index contributed by atoms with van der Waals surface area (Å²) >= 11 is 0. The lowest BCUT2D eigenvalue weighted by Gasteiger charge is -2.45. The van der Waals surface area contributed by atoms with E-state index in [0.717, 1.165) is 10.5 Å². The minimum Gasteiger partial charge on any atom is -0.463 e. The fraction of sp³-hybridized carbons (Fsp3) is 0.348. The molecule has 0 aromatic heterocycles. The quantitative estimate of drug-likeness (QED) is 0.500. The number of hydrogen-bond donors (Lipinski definition) is 2. The zero-order chi connectivity index (χ0) is 22.8. The van der Waals surface area contributed by atoms with Crippen molar-refractivity contribution in [2.24, 2.45) is 0 Å². The average Bonchev–Trinajstić information content (AvgIpc) is 3.04. The minimum atomic E-state index is -1.66. The van der Waals surface area contributed by atoms with Crippen LogP contribution in [0, 0.1) is 0 Å². The highest BCUT2D eigenvalue weighted by atomic mass is 16.6. The number of aliphatic hydroxyl groups is 2. The molecule has 0 unspecified atom stereocenters. The molecule has 1 fully saturated rings. The number of carbonyl (C=O) groups is 3. The maximum Gasteiger partial charge on any atom is 0.302 e. The Labute approximate surface area is 184 Å². The fourth-order valence-corrected chi connectivity index (χ4v) is 3.97. The number of hydrogen-bond acceptors (Lipinski definition) is 8. The molecule has 2 aliphatic heterocycles. The summed E-state index contributed by atoms with van der Waals surface area (Å²) in [6.07, 6.45) is -5.36. The van der Waals surface area contributed by atoms with Crippen LogP contribution in [0.1, 0.15) is 33.2 Å². The van der Waals surface area contributed by atoms with Crippen LogP contribution >= 0.6 is 0 Å². The van der Waals surface area contributed by atoms with Crippen molar-refractivity contribution >= 4 is 17.8 Å². The van der Waals surface area contributed by atoms with Gasteiger partial charge in [0.2, 0.25) is 0 Å². The van der Waals surface area contributed by atoms with Gasteiger partial charge in [-0.25, -0.2) is 0 Å². The maximum atomic E-state index is 13.0. The van der Waals surface area contributed by atoms with Crippen LogP contribution in [0.4, 0.5) is 0 Å². The highest BCUT2D eigenvalue weighted by molar-refractivity contribution is 6.21. The molecule has 9 heteroatoms. The molecule has 2 heterocycles. The summed E-state index contributed by atoms with van der Waals surface area (Å²) < 4.78 is 16.3. The van der Waals surface area contributed by atoms with Gasteiger partial charge in [0.25, 0.3) is 11.8 Å². The first-order valence-electron chi connectivity index (χ1n) is 10.2. The van der Waals surface area contributed by atoms with Gasteiger partial charge in [0.15, 0.2) is 6.29 Å². The SMILES string of the molecule is CC(=O)OC[C@H]1O[C@@H](O)[C@H](N2C(=O)c3ccccc3C2=O)[C@@H](OCc2ccccc2)[C@@H]1O. The van der Waals surface area contributed by atoms with E-state index in [1.54, 1.807) is 12.1 Å². The maximum absolute atomic E-state index is 13.0. The van der Waals surface area contributed by atoms with Gasteiger partial charge >= 0.3 is 5.97 Å². The molecule has 0 spiro atoms. The van der Waals surface area contributed by atoms with Crippen LogP contribution in [0.5, 0.6) is 0 Å². The van der Waals surface area contributed by atoms with Crippen LogP contribution in [-0.4, -0.2) is 70.1 Å². The van der Waals surface area contributed by atoms with Crippen LogP contribution in [0.25, 0.3) is 0 Å². The monoisotopic (exact) mass is 441 g/mol. The van der Waals surface area contributed by atoms with Crippen LogP contribution in [-0.2, 0) is 25.6 Å². The van der Waals surface area contributed by atoms with Gasteiger partial charge in [-0.1, -0.05) is 42.5 Å². The Morgan fingerprint density at radius 1 is 1.00 bits per heavy atom. The summed E-state index contributed by atoms with van der Waals surface area (Å²) in [5, 5.41) is 21.7. The highest BCUT2D eigenvalue weighted by Gasteiger charge is 2.53. The number of aliphatic hydroxyl groups excluding tert-OH is 2. The Bertz CT molecular complexity index is 975. The molecular formula is C23H23NO8. The number of amides is 2. The molecule has 0 aliphatic carbocycles. The molecule has 2 amide bonds. The summed E-state index contributed by atoms with van der Waals surface area (Å²) in [6, 6.07) is 14.1. The van der Waals surface area contributed by atoms with Crippen molar-refractivity contribution in [3.8, 4) is 0 Å². The van der Waals surface area contributed by atoms with E-state index in [2.05, 4.69) is 0 Å². The summed E-state index contributed by atoms with van der Waals surface area (Å²) in [4.78, 5) is 38.1. The van der Waals surface area contributed by atoms with E-state index in [0.29, 0.717) is 0 Å². The number of ether oxygens (including phenoxy) is 3. The third-order valence-electron chi connectivity index (χ3n) is 5.52. The first-order chi connectivity index (χ1) is 15.4. The van der Waals surface area contributed by atoms with E-state index in [9.17, 15) is 24.6 Å². The first kappa shape index (κ1) is 22.1. The molecule has 2 N–H and O–H groups in total. The molecule has 4 rings (SSSR count). The highest BCUT2D eigenvalue weighted by Crippen LogP contribution is 2.33.